The van der Waals surface area contributed by atoms with Crippen LogP contribution in [0.4, 0.5) is 0 Å². The predicted molar refractivity (Wildman–Crippen MR) is 79.4 cm³/mol. The molecule has 2 atom stereocenters. The van der Waals surface area contributed by atoms with Crippen LogP contribution >= 0.6 is 0 Å². The molecule has 0 spiro atoms. The first kappa shape index (κ1) is 16.2. The molecule has 0 rings (SSSR count). The molecule has 0 aliphatic rings. The van der Waals surface area contributed by atoms with Gasteiger partial charge in [0.2, 0.25) is 0 Å². The van der Waals surface area contributed by atoms with Crippen molar-refractivity contribution >= 4 is 10.2 Å². The van der Waals surface area contributed by atoms with E-state index in [1.54, 1.807) is 0 Å². The highest BCUT2D eigenvalue weighted by atomic mass is 28.1. The minimum atomic E-state index is 0.755. The van der Waals surface area contributed by atoms with Crippen LogP contribution in [0, 0.1) is 0 Å². The maximum atomic E-state index is 3.70. The standard InChI is InChI=1S/C14H33NSi/c1-4-6-8-10-12-15-13(3)14(16)11-9-7-5-2/h13-15H,4-12H2,1-3,16H3. The van der Waals surface area contributed by atoms with Crippen LogP contribution < -0.4 is 5.32 Å². The van der Waals surface area contributed by atoms with Gasteiger partial charge in [0.1, 0.15) is 0 Å². The van der Waals surface area contributed by atoms with Crippen molar-refractivity contribution in [1.29, 1.82) is 0 Å². The SMILES string of the molecule is CCCCCCNC(C)C([SiH3])CCCCC. The highest BCUT2D eigenvalue weighted by Gasteiger charge is 2.10. The molecule has 16 heavy (non-hydrogen) atoms. The second-order valence-corrected chi connectivity index (χ2v) is 6.76. The minimum absolute atomic E-state index is 0.755. The van der Waals surface area contributed by atoms with Crippen molar-refractivity contribution in [2.45, 2.75) is 83.7 Å². The Hall–Kier alpha value is 0.177. The summed E-state index contributed by atoms with van der Waals surface area (Å²) < 4.78 is 0. The van der Waals surface area contributed by atoms with Crippen molar-refractivity contribution in [3.05, 3.63) is 0 Å². The molecule has 2 heteroatoms. The lowest BCUT2D eigenvalue weighted by atomic mass is 10.1. The summed E-state index contributed by atoms with van der Waals surface area (Å²) in [6.07, 6.45) is 11.2. The maximum absolute atomic E-state index is 3.70. The quantitative estimate of drug-likeness (QED) is 0.434. The molecule has 0 aromatic heterocycles. The summed E-state index contributed by atoms with van der Waals surface area (Å²) in [5.74, 6) is 0. The van der Waals surface area contributed by atoms with Gasteiger partial charge < -0.3 is 5.32 Å². The van der Waals surface area contributed by atoms with Gasteiger partial charge in [-0.3, -0.25) is 0 Å². The second-order valence-electron chi connectivity index (χ2n) is 5.28. The molecular weight excluding hydrogens is 210 g/mol. The Morgan fingerprint density at radius 1 is 0.938 bits per heavy atom. The Morgan fingerprint density at radius 2 is 1.56 bits per heavy atom. The van der Waals surface area contributed by atoms with Crippen LogP contribution in [0.5, 0.6) is 0 Å². The van der Waals surface area contributed by atoms with E-state index in [0.29, 0.717) is 0 Å². The van der Waals surface area contributed by atoms with Crippen LogP contribution in [0.15, 0.2) is 0 Å². The molecule has 2 unspecified atom stereocenters. The normalized spacial score (nSPS) is 15.2. The zero-order valence-corrected chi connectivity index (χ0v) is 14.0. The van der Waals surface area contributed by atoms with E-state index in [4.69, 9.17) is 0 Å². The lowest BCUT2D eigenvalue weighted by Crippen LogP contribution is -2.31. The van der Waals surface area contributed by atoms with Crippen LogP contribution in [0.25, 0.3) is 0 Å². The maximum Gasteiger partial charge on any atom is 0.00869 e. The van der Waals surface area contributed by atoms with Crippen LogP contribution in [0.3, 0.4) is 0 Å². The van der Waals surface area contributed by atoms with Crippen molar-refractivity contribution in [2.24, 2.45) is 0 Å². The number of rotatable bonds is 11. The molecule has 0 saturated heterocycles. The third-order valence-corrected chi connectivity index (χ3v) is 5.19. The third kappa shape index (κ3) is 9.41. The minimum Gasteiger partial charge on any atom is -0.314 e. The molecule has 0 aromatic carbocycles. The van der Waals surface area contributed by atoms with E-state index in [2.05, 4.69) is 26.1 Å². The Morgan fingerprint density at radius 3 is 2.19 bits per heavy atom. The number of hydrogen-bond acceptors (Lipinski definition) is 1. The van der Waals surface area contributed by atoms with Crippen molar-refractivity contribution < 1.29 is 0 Å². The Bertz CT molecular complexity index is 139. The first-order valence-electron chi connectivity index (χ1n) is 7.45. The summed E-state index contributed by atoms with van der Waals surface area (Å²) in [5, 5.41) is 3.70. The van der Waals surface area contributed by atoms with E-state index in [9.17, 15) is 0 Å². The molecule has 98 valence electrons. The van der Waals surface area contributed by atoms with Gasteiger partial charge in [-0.2, -0.15) is 0 Å². The fourth-order valence-corrected chi connectivity index (χ4v) is 2.69. The van der Waals surface area contributed by atoms with Gasteiger partial charge in [0.25, 0.3) is 0 Å². The highest BCUT2D eigenvalue weighted by Crippen LogP contribution is 2.16. The largest absolute Gasteiger partial charge is 0.314 e. The van der Waals surface area contributed by atoms with Crippen molar-refractivity contribution in [3.8, 4) is 0 Å². The van der Waals surface area contributed by atoms with E-state index in [-0.39, 0.29) is 0 Å². The summed E-state index contributed by atoms with van der Waals surface area (Å²) >= 11 is 0. The van der Waals surface area contributed by atoms with E-state index in [1.165, 1.54) is 68.2 Å². The van der Waals surface area contributed by atoms with E-state index in [1.807, 2.05) is 0 Å². The fraction of sp³-hybridized carbons (Fsp3) is 1.00. The number of nitrogens with one attached hydrogen (secondary N) is 1. The molecule has 1 nitrogen and oxygen atoms in total. The molecule has 0 bridgehead atoms. The van der Waals surface area contributed by atoms with E-state index < -0.39 is 0 Å². The molecule has 0 amide bonds. The fourth-order valence-electron chi connectivity index (χ4n) is 2.05. The summed E-state index contributed by atoms with van der Waals surface area (Å²) in [7, 11) is 1.35. The van der Waals surface area contributed by atoms with E-state index in [0.717, 1.165) is 11.6 Å². The number of hydrogen-bond donors (Lipinski definition) is 1. The topological polar surface area (TPSA) is 12.0 Å². The van der Waals surface area contributed by atoms with Crippen molar-refractivity contribution in [3.63, 3.8) is 0 Å². The lowest BCUT2D eigenvalue weighted by Gasteiger charge is -2.21. The summed E-state index contributed by atoms with van der Waals surface area (Å²) in [5.41, 5.74) is 0.970. The van der Waals surface area contributed by atoms with Crippen LogP contribution in [0.2, 0.25) is 5.54 Å². The molecule has 0 aliphatic heterocycles. The monoisotopic (exact) mass is 243 g/mol. The second kappa shape index (κ2) is 11.7. The third-order valence-electron chi connectivity index (χ3n) is 3.61. The smallest absolute Gasteiger partial charge is 0.00869 e. The van der Waals surface area contributed by atoms with Gasteiger partial charge in [0, 0.05) is 16.3 Å². The van der Waals surface area contributed by atoms with Crippen LogP contribution in [0.1, 0.15) is 72.1 Å². The Kier molecular flexibility index (Phi) is 11.8. The van der Waals surface area contributed by atoms with Crippen molar-refractivity contribution in [1.82, 2.24) is 5.32 Å². The molecule has 0 aliphatic carbocycles. The van der Waals surface area contributed by atoms with Gasteiger partial charge >= 0.3 is 0 Å². The first-order chi connectivity index (χ1) is 7.72. The average Bonchev–Trinajstić information content (AvgIpc) is 2.28. The number of unbranched alkanes of at least 4 members (excludes halogenated alkanes) is 5. The highest BCUT2D eigenvalue weighted by molar-refractivity contribution is 6.12. The van der Waals surface area contributed by atoms with Gasteiger partial charge in [-0.1, -0.05) is 58.8 Å². The molecule has 0 saturated carbocycles. The zero-order valence-electron chi connectivity index (χ0n) is 12.0. The summed E-state index contributed by atoms with van der Waals surface area (Å²) in [6, 6.07) is 0.755. The Labute approximate surface area is 106 Å². The van der Waals surface area contributed by atoms with Gasteiger partial charge in [0.05, 0.1) is 0 Å². The molecule has 0 heterocycles. The zero-order chi connectivity index (χ0) is 12.2. The first-order valence-corrected chi connectivity index (χ1v) is 8.61. The van der Waals surface area contributed by atoms with Gasteiger partial charge in [0.15, 0.2) is 0 Å². The molecule has 0 aromatic rings. The van der Waals surface area contributed by atoms with Crippen LogP contribution in [-0.2, 0) is 0 Å². The summed E-state index contributed by atoms with van der Waals surface area (Å²) in [4.78, 5) is 0. The molecule has 0 fully saturated rings. The Balaban J connectivity index is 3.36. The van der Waals surface area contributed by atoms with Crippen molar-refractivity contribution in [2.75, 3.05) is 6.54 Å². The average molecular weight is 244 g/mol. The van der Waals surface area contributed by atoms with E-state index >= 15 is 0 Å². The van der Waals surface area contributed by atoms with Gasteiger partial charge in [-0.25, -0.2) is 0 Å². The van der Waals surface area contributed by atoms with Gasteiger partial charge in [-0.15, -0.1) is 0 Å². The molecule has 0 radical (unpaired) electrons. The molecular formula is C14H33NSi. The predicted octanol–water partition coefficient (Wildman–Crippen LogP) is 3.28. The lowest BCUT2D eigenvalue weighted by molar-refractivity contribution is 0.471. The van der Waals surface area contributed by atoms with Crippen LogP contribution in [-0.4, -0.2) is 22.8 Å². The molecule has 1 N–H and O–H groups in total. The van der Waals surface area contributed by atoms with Gasteiger partial charge in [-0.05, 0) is 25.4 Å². The summed E-state index contributed by atoms with van der Waals surface area (Å²) in [6.45, 7) is 8.17.